The molecule has 0 atom stereocenters. The Morgan fingerprint density at radius 1 is 1.17 bits per heavy atom. The number of hydrogen-bond acceptors (Lipinski definition) is 4. The molecule has 0 spiro atoms. The summed E-state index contributed by atoms with van der Waals surface area (Å²) in [6.45, 7) is 3.78. The number of nitrogens with zero attached hydrogens (tertiary/aromatic N) is 1. The van der Waals surface area contributed by atoms with Crippen LogP contribution in [0, 0.1) is 0 Å². The summed E-state index contributed by atoms with van der Waals surface area (Å²) < 4.78 is 5.53. The minimum Gasteiger partial charge on any atom is -0.491 e. The topological polar surface area (TPSA) is 80.3 Å². The third kappa shape index (κ3) is 5.43. The maximum Gasteiger partial charge on any atom is 0.253 e. The van der Waals surface area contributed by atoms with Gasteiger partial charge in [0.1, 0.15) is 5.75 Å². The first-order valence-corrected chi connectivity index (χ1v) is 7.29. The molecule has 1 aromatic heterocycles. The first kappa shape index (κ1) is 16.5. The second-order valence-corrected chi connectivity index (χ2v) is 5.16. The van der Waals surface area contributed by atoms with E-state index in [1.54, 1.807) is 42.6 Å². The lowest BCUT2D eigenvalue weighted by Crippen LogP contribution is -2.32. The summed E-state index contributed by atoms with van der Waals surface area (Å²) in [6, 6.07) is 10.4. The standard InChI is InChI=1S/C17H19N3O3/c1-12(2)23-15-7-5-14(6-8-15)20-16(21)11-19-17(22)13-4-3-9-18-10-13/h3-10,12H,11H2,1-2H3,(H,19,22)(H,20,21). The van der Waals surface area contributed by atoms with E-state index < -0.39 is 0 Å². The van der Waals surface area contributed by atoms with Crippen LogP contribution < -0.4 is 15.4 Å². The van der Waals surface area contributed by atoms with Crippen molar-refractivity contribution in [2.24, 2.45) is 0 Å². The molecule has 0 aliphatic carbocycles. The smallest absolute Gasteiger partial charge is 0.253 e. The van der Waals surface area contributed by atoms with Crippen LogP contribution in [0.3, 0.4) is 0 Å². The van der Waals surface area contributed by atoms with Gasteiger partial charge in [0.25, 0.3) is 5.91 Å². The zero-order valence-electron chi connectivity index (χ0n) is 13.1. The molecule has 0 bridgehead atoms. The van der Waals surface area contributed by atoms with Gasteiger partial charge < -0.3 is 15.4 Å². The van der Waals surface area contributed by atoms with E-state index in [-0.39, 0.29) is 24.5 Å². The Balaban J connectivity index is 1.81. The largest absolute Gasteiger partial charge is 0.491 e. The highest BCUT2D eigenvalue weighted by Crippen LogP contribution is 2.16. The molecule has 0 aliphatic heterocycles. The predicted molar refractivity (Wildman–Crippen MR) is 87.4 cm³/mol. The van der Waals surface area contributed by atoms with Crippen LogP contribution >= 0.6 is 0 Å². The normalized spacial score (nSPS) is 10.2. The molecule has 0 saturated heterocycles. The van der Waals surface area contributed by atoms with Crippen LogP contribution in [0.15, 0.2) is 48.8 Å². The van der Waals surface area contributed by atoms with Crippen molar-refractivity contribution in [3.63, 3.8) is 0 Å². The summed E-state index contributed by atoms with van der Waals surface area (Å²) in [5.74, 6) is 0.0941. The maximum absolute atomic E-state index is 11.8. The Bertz CT molecular complexity index is 655. The van der Waals surface area contributed by atoms with Gasteiger partial charge in [0.15, 0.2) is 0 Å². The molecule has 1 aromatic carbocycles. The summed E-state index contributed by atoms with van der Waals surface area (Å²) in [7, 11) is 0. The number of nitrogens with one attached hydrogen (secondary N) is 2. The number of anilines is 1. The highest BCUT2D eigenvalue weighted by Gasteiger charge is 2.08. The molecule has 6 nitrogen and oxygen atoms in total. The lowest BCUT2D eigenvalue weighted by molar-refractivity contribution is -0.115. The van der Waals surface area contributed by atoms with Gasteiger partial charge in [-0.1, -0.05) is 0 Å². The van der Waals surface area contributed by atoms with Gasteiger partial charge in [-0.05, 0) is 50.2 Å². The molecule has 0 aliphatic rings. The Hall–Kier alpha value is -2.89. The molecule has 2 aromatic rings. The van der Waals surface area contributed by atoms with Crippen LogP contribution in [-0.2, 0) is 4.79 Å². The predicted octanol–water partition coefficient (Wildman–Crippen LogP) is 2.24. The van der Waals surface area contributed by atoms with E-state index in [1.165, 1.54) is 6.20 Å². The van der Waals surface area contributed by atoms with Gasteiger partial charge in [-0.15, -0.1) is 0 Å². The fourth-order valence-electron chi connectivity index (χ4n) is 1.85. The molecule has 1 heterocycles. The van der Waals surface area contributed by atoms with Crippen LogP contribution in [0.4, 0.5) is 5.69 Å². The third-order valence-corrected chi connectivity index (χ3v) is 2.84. The van der Waals surface area contributed by atoms with E-state index in [4.69, 9.17) is 4.74 Å². The zero-order chi connectivity index (χ0) is 16.7. The molecule has 2 N–H and O–H groups in total. The molecule has 2 rings (SSSR count). The third-order valence-electron chi connectivity index (χ3n) is 2.84. The number of carbonyl (C=O) groups is 2. The van der Waals surface area contributed by atoms with Gasteiger partial charge in [-0.3, -0.25) is 14.6 Å². The first-order chi connectivity index (χ1) is 11.0. The van der Waals surface area contributed by atoms with Crippen molar-refractivity contribution in [2.75, 3.05) is 11.9 Å². The first-order valence-electron chi connectivity index (χ1n) is 7.29. The molecule has 0 radical (unpaired) electrons. The maximum atomic E-state index is 11.8. The minimum absolute atomic E-state index is 0.0955. The molecule has 23 heavy (non-hydrogen) atoms. The van der Waals surface area contributed by atoms with E-state index >= 15 is 0 Å². The summed E-state index contributed by atoms with van der Waals surface area (Å²) in [4.78, 5) is 27.5. The molecule has 0 fully saturated rings. The van der Waals surface area contributed by atoms with Gasteiger partial charge in [0, 0.05) is 18.1 Å². The van der Waals surface area contributed by atoms with E-state index in [0.717, 1.165) is 5.75 Å². The lowest BCUT2D eigenvalue weighted by Gasteiger charge is -2.11. The highest BCUT2D eigenvalue weighted by atomic mass is 16.5. The summed E-state index contributed by atoms with van der Waals surface area (Å²) in [5.41, 5.74) is 1.05. The molecule has 6 heteroatoms. The van der Waals surface area contributed by atoms with Gasteiger partial charge in [0.05, 0.1) is 18.2 Å². The van der Waals surface area contributed by atoms with Crippen LogP contribution in [0.25, 0.3) is 0 Å². The van der Waals surface area contributed by atoms with Crippen LogP contribution in [-0.4, -0.2) is 29.4 Å². The van der Waals surface area contributed by atoms with Gasteiger partial charge in [-0.2, -0.15) is 0 Å². The second kappa shape index (κ2) is 7.93. The second-order valence-electron chi connectivity index (χ2n) is 5.16. The van der Waals surface area contributed by atoms with E-state index in [0.29, 0.717) is 11.3 Å². The van der Waals surface area contributed by atoms with E-state index in [2.05, 4.69) is 15.6 Å². The lowest BCUT2D eigenvalue weighted by atomic mass is 10.2. The monoisotopic (exact) mass is 313 g/mol. The van der Waals surface area contributed by atoms with Crippen molar-refractivity contribution in [1.82, 2.24) is 10.3 Å². The van der Waals surface area contributed by atoms with E-state index in [9.17, 15) is 9.59 Å². The van der Waals surface area contributed by atoms with Crippen LogP contribution in [0.5, 0.6) is 5.75 Å². The van der Waals surface area contributed by atoms with Crippen molar-refractivity contribution >= 4 is 17.5 Å². The highest BCUT2D eigenvalue weighted by molar-refractivity contribution is 5.99. The molecular weight excluding hydrogens is 294 g/mol. The molecule has 0 unspecified atom stereocenters. The summed E-state index contributed by atoms with van der Waals surface area (Å²) in [6.07, 6.45) is 3.12. The van der Waals surface area contributed by atoms with Crippen molar-refractivity contribution in [3.8, 4) is 5.75 Å². The number of hydrogen-bond donors (Lipinski definition) is 2. The SMILES string of the molecule is CC(C)Oc1ccc(NC(=O)CNC(=O)c2cccnc2)cc1. The Labute approximate surface area is 134 Å². The van der Waals surface area contributed by atoms with Crippen LogP contribution in [0.2, 0.25) is 0 Å². The number of aromatic nitrogens is 1. The fraction of sp³-hybridized carbons (Fsp3) is 0.235. The van der Waals surface area contributed by atoms with Crippen molar-refractivity contribution < 1.29 is 14.3 Å². The number of pyridine rings is 1. The van der Waals surface area contributed by atoms with Crippen LogP contribution in [0.1, 0.15) is 24.2 Å². The molecule has 2 amide bonds. The molecule has 120 valence electrons. The number of carbonyl (C=O) groups excluding carboxylic acids is 2. The zero-order valence-corrected chi connectivity index (χ0v) is 13.1. The average Bonchev–Trinajstić information content (AvgIpc) is 2.55. The van der Waals surface area contributed by atoms with Crippen molar-refractivity contribution in [3.05, 3.63) is 54.4 Å². The average molecular weight is 313 g/mol. The van der Waals surface area contributed by atoms with E-state index in [1.807, 2.05) is 13.8 Å². The Kier molecular flexibility index (Phi) is 5.68. The van der Waals surface area contributed by atoms with Gasteiger partial charge in [-0.25, -0.2) is 0 Å². The van der Waals surface area contributed by atoms with Crippen molar-refractivity contribution in [2.45, 2.75) is 20.0 Å². The quantitative estimate of drug-likeness (QED) is 0.857. The fourth-order valence-corrected chi connectivity index (χ4v) is 1.85. The minimum atomic E-state index is -0.339. The van der Waals surface area contributed by atoms with Gasteiger partial charge >= 0.3 is 0 Å². The number of benzene rings is 1. The van der Waals surface area contributed by atoms with Gasteiger partial charge in [0.2, 0.25) is 5.91 Å². The molecular formula is C17H19N3O3. The molecule has 0 saturated carbocycles. The Morgan fingerprint density at radius 2 is 1.91 bits per heavy atom. The Morgan fingerprint density at radius 3 is 2.52 bits per heavy atom. The summed E-state index contributed by atoms with van der Waals surface area (Å²) >= 11 is 0. The summed E-state index contributed by atoms with van der Waals surface area (Å²) in [5, 5.41) is 5.25. The number of amides is 2. The number of ether oxygens (including phenoxy) is 1. The van der Waals surface area contributed by atoms with Crippen molar-refractivity contribution in [1.29, 1.82) is 0 Å². The number of rotatable bonds is 6.